The van der Waals surface area contributed by atoms with E-state index in [0.717, 1.165) is 37.7 Å². The van der Waals surface area contributed by atoms with Crippen molar-refractivity contribution >= 4 is 23.2 Å². The van der Waals surface area contributed by atoms with Crippen LogP contribution in [0.15, 0.2) is 18.2 Å². The van der Waals surface area contributed by atoms with Crippen molar-refractivity contribution in [3.63, 3.8) is 0 Å². The van der Waals surface area contributed by atoms with E-state index in [1.54, 1.807) is 0 Å². The molecule has 0 aliphatic heterocycles. The largest absolute Gasteiger partial charge is 0.143 e. The molecule has 0 saturated carbocycles. The zero-order valence-electron chi connectivity index (χ0n) is 13.9. The molecule has 0 fully saturated rings. The monoisotopic (exact) mass is 328 g/mol. The lowest BCUT2D eigenvalue weighted by molar-refractivity contribution is 0.649. The van der Waals surface area contributed by atoms with Crippen LogP contribution in [0.4, 0.5) is 0 Å². The number of benzene rings is 1. The highest BCUT2D eigenvalue weighted by Gasteiger charge is 2.29. The van der Waals surface area contributed by atoms with E-state index in [4.69, 9.17) is 23.2 Å². The maximum atomic E-state index is 6.70. The Morgan fingerprint density at radius 1 is 0.857 bits per heavy atom. The molecule has 0 saturated heterocycles. The lowest BCUT2D eigenvalue weighted by atomic mass is 9.90. The van der Waals surface area contributed by atoms with Gasteiger partial charge < -0.3 is 0 Å². The summed E-state index contributed by atoms with van der Waals surface area (Å²) in [6.07, 6.45) is 10.1. The zero-order chi connectivity index (χ0) is 15.7. The summed E-state index contributed by atoms with van der Waals surface area (Å²) in [6.45, 7) is 6.66. The molecule has 0 amide bonds. The van der Waals surface area contributed by atoms with Crippen molar-refractivity contribution in [1.29, 1.82) is 0 Å². The fourth-order valence-electron chi connectivity index (χ4n) is 2.76. The molecule has 0 unspecified atom stereocenters. The van der Waals surface area contributed by atoms with E-state index in [-0.39, 0.29) is 0 Å². The average molecular weight is 329 g/mol. The van der Waals surface area contributed by atoms with E-state index in [1.165, 1.54) is 36.8 Å². The number of halogens is 2. The molecule has 0 nitrogen and oxygen atoms in total. The first-order chi connectivity index (χ1) is 10.1. The molecule has 0 aliphatic carbocycles. The van der Waals surface area contributed by atoms with Crippen LogP contribution < -0.4 is 0 Å². The Bertz CT molecular complexity index is 410. The fraction of sp³-hybridized carbons (Fsp3) is 0.684. The smallest absolute Gasteiger partial charge is 0.0963 e. The van der Waals surface area contributed by atoms with E-state index in [9.17, 15) is 0 Å². The average Bonchev–Trinajstić information content (AvgIpc) is 2.49. The highest BCUT2D eigenvalue weighted by molar-refractivity contribution is 6.48. The number of hydrogen-bond acceptors (Lipinski definition) is 0. The molecule has 0 heterocycles. The molecular weight excluding hydrogens is 299 g/mol. The second-order valence-electron chi connectivity index (χ2n) is 5.96. The minimum atomic E-state index is -0.735. The van der Waals surface area contributed by atoms with Crippen molar-refractivity contribution in [1.82, 2.24) is 0 Å². The van der Waals surface area contributed by atoms with E-state index in [2.05, 4.69) is 39.0 Å². The first kappa shape index (κ1) is 18.8. The van der Waals surface area contributed by atoms with Gasteiger partial charge in [0.1, 0.15) is 4.33 Å². The second-order valence-corrected chi connectivity index (χ2v) is 7.44. The predicted molar refractivity (Wildman–Crippen MR) is 96.6 cm³/mol. The van der Waals surface area contributed by atoms with Crippen LogP contribution in [0, 0.1) is 0 Å². The van der Waals surface area contributed by atoms with Gasteiger partial charge in [-0.2, -0.15) is 0 Å². The Kier molecular flexibility index (Phi) is 8.74. The van der Waals surface area contributed by atoms with Crippen LogP contribution >= 0.6 is 23.2 Å². The third-order valence-corrected chi connectivity index (χ3v) is 4.88. The summed E-state index contributed by atoms with van der Waals surface area (Å²) in [4.78, 5) is 0. The number of alkyl halides is 2. The number of unbranched alkanes of at least 4 members (excludes halogenated alkanes) is 3. The maximum Gasteiger partial charge on any atom is 0.143 e. The summed E-state index contributed by atoms with van der Waals surface area (Å²) in [6, 6.07) is 6.52. The first-order valence-electron chi connectivity index (χ1n) is 8.55. The van der Waals surface area contributed by atoms with Crippen LogP contribution in [-0.2, 0) is 17.2 Å². The molecule has 21 heavy (non-hydrogen) atoms. The summed E-state index contributed by atoms with van der Waals surface area (Å²) < 4.78 is -0.735. The van der Waals surface area contributed by atoms with Gasteiger partial charge in [0.05, 0.1) is 0 Å². The summed E-state index contributed by atoms with van der Waals surface area (Å²) in [5, 5.41) is 0. The third-order valence-electron chi connectivity index (χ3n) is 4.09. The van der Waals surface area contributed by atoms with Gasteiger partial charge in [0.25, 0.3) is 0 Å². The summed E-state index contributed by atoms with van der Waals surface area (Å²) in [7, 11) is 0. The van der Waals surface area contributed by atoms with Crippen LogP contribution in [0.2, 0.25) is 0 Å². The topological polar surface area (TPSA) is 0 Å². The van der Waals surface area contributed by atoms with Gasteiger partial charge in [0.15, 0.2) is 0 Å². The van der Waals surface area contributed by atoms with Crippen molar-refractivity contribution < 1.29 is 0 Å². The minimum Gasteiger partial charge on any atom is -0.0963 e. The van der Waals surface area contributed by atoms with Gasteiger partial charge in [-0.15, -0.1) is 0 Å². The number of hydrogen-bond donors (Lipinski definition) is 0. The van der Waals surface area contributed by atoms with Gasteiger partial charge in [-0.3, -0.25) is 0 Å². The number of rotatable bonds is 10. The van der Waals surface area contributed by atoms with Crippen molar-refractivity contribution in [2.24, 2.45) is 0 Å². The van der Waals surface area contributed by atoms with Crippen LogP contribution in [0.3, 0.4) is 0 Å². The lowest BCUT2D eigenvalue weighted by Crippen LogP contribution is -2.15. The SMILES string of the molecule is CCCCc1cccc(C(Cl)(Cl)CCCC)c1CCCC. The molecule has 0 aliphatic rings. The predicted octanol–water partition coefficient (Wildman–Crippen LogP) is 7.19. The molecule has 0 bridgehead atoms. The van der Waals surface area contributed by atoms with Gasteiger partial charge in [-0.05, 0) is 48.8 Å². The summed E-state index contributed by atoms with van der Waals surface area (Å²) in [5.74, 6) is 0. The van der Waals surface area contributed by atoms with Crippen molar-refractivity contribution in [2.75, 3.05) is 0 Å². The van der Waals surface area contributed by atoms with E-state index >= 15 is 0 Å². The highest BCUT2D eigenvalue weighted by Crippen LogP contribution is 2.42. The molecule has 0 radical (unpaired) electrons. The highest BCUT2D eigenvalue weighted by atomic mass is 35.5. The quantitative estimate of drug-likeness (QED) is 0.398. The molecule has 1 rings (SSSR count). The Labute approximate surface area is 141 Å². The molecule has 0 atom stereocenters. The van der Waals surface area contributed by atoms with Crippen LogP contribution in [0.25, 0.3) is 0 Å². The minimum absolute atomic E-state index is 0.735. The van der Waals surface area contributed by atoms with E-state index < -0.39 is 4.33 Å². The van der Waals surface area contributed by atoms with Crippen molar-refractivity contribution in [3.05, 3.63) is 34.9 Å². The van der Waals surface area contributed by atoms with Crippen LogP contribution in [0.5, 0.6) is 0 Å². The Morgan fingerprint density at radius 3 is 2.10 bits per heavy atom. The standard InChI is InChI=1S/C19H30Cl2/c1-4-7-11-16-12-10-14-18(17(16)13-8-5-2)19(20,21)15-9-6-3/h10,12,14H,4-9,11,13,15H2,1-3H3. The second kappa shape index (κ2) is 9.74. The number of aryl methyl sites for hydroxylation is 1. The van der Waals surface area contributed by atoms with Gasteiger partial charge in [-0.25, -0.2) is 0 Å². The molecule has 0 N–H and O–H groups in total. The Balaban J connectivity index is 3.09. The van der Waals surface area contributed by atoms with Gasteiger partial charge >= 0.3 is 0 Å². The normalized spacial score (nSPS) is 11.9. The van der Waals surface area contributed by atoms with Gasteiger partial charge in [0.2, 0.25) is 0 Å². The van der Waals surface area contributed by atoms with Gasteiger partial charge in [0, 0.05) is 0 Å². The first-order valence-corrected chi connectivity index (χ1v) is 9.31. The van der Waals surface area contributed by atoms with Crippen LogP contribution in [0.1, 0.15) is 82.4 Å². The Morgan fingerprint density at radius 2 is 1.48 bits per heavy atom. The van der Waals surface area contributed by atoms with E-state index in [1.807, 2.05) is 0 Å². The molecule has 1 aromatic carbocycles. The Hall–Kier alpha value is -0.200. The summed E-state index contributed by atoms with van der Waals surface area (Å²) >= 11 is 13.4. The molecule has 2 heteroatoms. The van der Waals surface area contributed by atoms with E-state index in [0.29, 0.717) is 0 Å². The molecular formula is C19H30Cl2. The maximum absolute atomic E-state index is 6.70. The molecule has 1 aromatic rings. The van der Waals surface area contributed by atoms with Crippen molar-refractivity contribution in [3.8, 4) is 0 Å². The van der Waals surface area contributed by atoms with Crippen LogP contribution in [-0.4, -0.2) is 0 Å². The van der Waals surface area contributed by atoms with Crippen molar-refractivity contribution in [2.45, 2.75) is 82.9 Å². The molecule has 120 valence electrons. The molecule has 0 aromatic heterocycles. The third kappa shape index (κ3) is 5.83. The fourth-order valence-corrected chi connectivity index (χ4v) is 3.38. The molecule has 0 spiro atoms. The zero-order valence-corrected chi connectivity index (χ0v) is 15.4. The summed E-state index contributed by atoms with van der Waals surface area (Å²) in [5.41, 5.74) is 4.01. The van der Waals surface area contributed by atoms with Gasteiger partial charge in [-0.1, -0.05) is 87.9 Å². The lowest BCUT2D eigenvalue weighted by Gasteiger charge is -2.25.